The summed E-state index contributed by atoms with van der Waals surface area (Å²) >= 11 is 2.63. The van der Waals surface area contributed by atoms with Crippen LogP contribution in [-0.4, -0.2) is 25.7 Å². The van der Waals surface area contributed by atoms with Crippen molar-refractivity contribution in [2.45, 2.75) is 6.92 Å². The molecule has 0 unspecified atom stereocenters. The van der Waals surface area contributed by atoms with Crippen molar-refractivity contribution < 1.29 is 9.18 Å². The van der Waals surface area contributed by atoms with Crippen LogP contribution >= 0.6 is 22.7 Å². The van der Waals surface area contributed by atoms with E-state index in [1.807, 2.05) is 31.2 Å². The molecule has 1 amide bonds. The molecular formula is C19H12FN5OS2. The summed E-state index contributed by atoms with van der Waals surface area (Å²) in [6, 6.07) is 14.1. The first-order valence-electron chi connectivity index (χ1n) is 8.37. The summed E-state index contributed by atoms with van der Waals surface area (Å²) in [5, 5.41) is 8.10. The van der Waals surface area contributed by atoms with Crippen LogP contribution in [0.15, 0.2) is 48.5 Å². The highest BCUT2D eigenvalue weighted by Gasteiger charge is 2.18. The van der Waals surface area contributed by atoms with E-state index in [4.69, 9.17) is 0 Å². The quantitative estimate of drug-likeness (QED) is 0.465. The molecule has 0 saturated carbocycles. The van der Waals surface area contributed by atoms with Crippen LogP contribution in [-0.2, 0) is 0 Å². The van der Waals surface area contributed by atoms with Gasteiger partial charge in [0, 0.05) is 6.07 Å². The number of halogens is 1. The van der Waals surface area contributed by atoms with Crippen molar-refractivity contribution in [3.05, 3.63) is 65.0 Å². The van der Waals surface area contributed by atoms with Crippen LogP contribution < -0.4 is 5.32 Å². The molecule has 3 aromatic heterocycles. The van der Waals surface area contributed by atoms with Gasteiger partial charge < -0.3 is 5.32 Å². The Morgan fingerprint density at radius 1 is 1.07 bits per heavy atom. The fourth-order valence-corrected chi connectivity index (χ4v) is 4.67. The average molecular weight is 409 g/mol. The molecule has 0 fully saturated rings. The smallest absolute Gasteiger partial charge is 0.285 e. The van der Waals surface area contributed by atoms with Crippen molar-refractivity contribution in [1.82, 2.24) is 19.7 Å². The third-order valence-corrected chi connectivity index (χ3v) is 6.13. The second-order valence-corrected chi connectivity index (χ2v) is 8.15. The Bertz CT molecular complexity index is 1320. The topological polar surface area (TPSA) is 72.7 Å². The van der Waals surface area contributed by atoms with Gasteiger partial charge in [-0.1, -0.05) is 29.5 Å². The maximum Gasteiger partial charge on any atom is 0.285 e. The molecule has 6 nitrogen and oxygen atoms in total. The molecule has 0 aliphatic carbocycles. The Kier molecular flexibility index (Phi) is 3.92. The molecule has 9 heteroatoms. The van der Waals surface area contributed by atoms with Gasteiger partial charge >= 0.3 is 0 Å². The van der Waals surface area contributed by atoms with E-state index in [9.17, 15) is 9.18 Å². The molecule has 5 rings (SSSR count). The van der Waals surface area contributed by atoms with Gasteiger partial charge in [-0.3, -0.25) is 4.79 Å². The molecule has 1 N–H and O–H groups in total. The van der Waals surface area contributed by atoms with E-state index >= 15 is 0 Å². The molecule has 0 aliphatic rings. The van der Waals surface area contributed by atoms with Gasteiger partial charge in [0.15, 0.2) is 5.01 Å². The van der Waals surface area contributed by atoms with Crippen molar-refractivity contribution in [1.29, 1.82) is 0 Å². The maximum atomic E-state index is 14.0. The lowest BCUT2D eigenvalue weighted by molar-refractivity contribution is 0.102. The van der Waals surface area contributed by atoms with Gasteiger partial charge in [-0.15, -0.1) is 11.3 Å². The van der Waals surface area contributed by atoms with E-state index in [1.165, 1.54) is 33.4 Å². The molecule has 0 bridgehead atoms. The largest absolute Gasteiger partial charge is 0.304 e. The van der Waals surface area contributed by atoms with Crippen LogP contribution in [0.2, 0.25) is 0 Å². The van der Waals surface area contributed by atoms with Gasteiger partial charge in [0.1, 0.15) is 17.2 Å². The summed E-state index contributed by atoms with van der Waals surface area (Å²) in [7, 11) is 0. The van der Waals surface area contributed by atoms with Crippen LogP contribution in [0.5, 0.6) is 0 Å². The monoisotopic (exact) mass is 409 g/mol. The fourth-order valence-electron chi connectivity index (χ4n) is 2.87. The number of aryl methyl sites for hydroxylation is 1. The van der Waals surface area contributed by atoms with Gasteiger partial charge in [0.05, 0.1) is 20.6 Å². The van der Waals surface area contributed by atoms with Gasteiger partial charge in [0.2, 0.25) is 5.13 Å². The number of fused-ring (bicyclic) bond motifs is 2. The number of amides is 1. The Balaban J connectivity index is 1.52. The second kappa shape index (κ2) is 6.47. The van der Waals surface area contributed by atoms with Gasteiger partial charge in [0.25, 0.3) is 5.91 Å². The summed E-state index contributed by atoms with van der Waals surface area (Å²) in [6.07, 6.45) is 0. The summed E-state index contributed by atoms with van der Waals surface area (Å²) < 4.78 is 17.2. The summed E-state index contributed by atoms with van der Waals surface area (Å²) in [6.45, 7) is 1.82. The number of carbonyl (C=O) groups is 1. The maximum absolute atomic E-state index is 14.0. The standard InChI is InChI=1S/C19H12FN5OS2/c1-10-9-15(22-17(26)18-21-12-6-2-3-7-13(12)27-18)25(24-10)19-23-16-11(20)5-4-8-14(16)28-19/h2-9H,1H3,(H,22,26). The number of hydrogen-bond acceptors (Lipinski definition) is 6. The van der Waals surface area contributed by atoms with Crippen LogP contribution in [0.3, 0.4) is 0 Å². The minimum absolute atomic E-state index is 0.291. The summed E-state index contributed by atoms with van der Waals surface area (Å²) in [5.74, 6) is -0.250. The molecule has 0 atom stereocenters. The van der Waals surface area contributed by atoms with E-state index < -0.39 is 0 Å². The normalized spacial score (nSPS) is 11.4. The number of nitrogens with zero attached hydrogens (tertiary/aromatic N) is 4. The summed E-state index contributed by atoms with van der Waals surface area (Å²) in [5.41, 5.74) is 1.78. The minimum Gasteiger partial charge on any atom is -0.304 e. The fraction of sp³-hybridized carbons (Fsp3) is 0.0526. The highest BCUT2D eigenvalue weighted by molar-refractivity contribution is 7.21. The van der Waals surface area contributed by atoms with Crippen LogP contribution in [0.4, 0.5) is 10.2 Å². The molecular weight excluding hydrogens is 397 g/mol. The van der Waals surface area contributed by atoms with E-state index in [1.54, 1.807) is 18.2 Å². The second-order valence-electron chi connectivity index (χ2n) is 6.11. The van der Waals surface area contributed by atoms with E-state index in [2.05, 4.69) is 20.4 Å². The highest BCUT2D eigenvalue weighted by atomic mass is 32.1. The lowest BCUT2D eigenvalue weighted by Crippen LogP contribution is -2.14. The number of para-hydroxylation sites is 2. The third-order valence-electron chi connectivity index (χ3n) is 4.10. The van der Waals surface area contributed by atoms with Crippen LogP contribution in [0.1, 0.15) is 15.5 Å². The number of carbonyl (C=O) groups excluding carboxylic acids is 1. The number of rotatable bonds is 3. The molecule has 0 aliphatic heterocycles. The number of aromatic nitrogens is 4. The number of benzene rings is 2. The number of thiazole rings is 2. The first kappa shape index (κ1) is 17.0. The lowest BCUT2D eigenvalue weighted by Gasteiger charge is -2.04. The molecule has 2 aromatic carbocycles. The molecule has 0 spiro atoms. The van der Waals surface area contributed by atoms with E-state index in [-0.39, 0.29) is 11.7 Å². The highest BCUT2D eigenvalue weighted by Crippen LogP contribution is 2.29. The molecule has 138 valence electrons. The number of anilines is 1. The first-order valence-corrected chi connectivity index (χ1v) is 10.0. The van der Waals surface area contributed by atoms with Crippen molar-refractivity contribution in [3.8, 4) is 5.13 Å². The predicted octanol–water partition coefficient (Wildman–Crippen LogP) is 4.79. The molecule has 28 heavy (non-hydrogen) atoms. The Hall–Kier alpha value is -3.17. The van der Waals surface area contributed by atoms with E-state index in [0.29, 0.717) is 31.9 Å². The van der Waals surface area contributed by atoms with Crippen LogP contribution in [0.25, 0.3) is 25.6 Å². The SMILES string of the molecule is Cc1cc(NC(=O)c2nc3ccccc3s2)n(-c2nc3c(F)cccc3s2)n1. The third kappa shape index (κ3) is 2.85. The Morgan fingerprint density at radius 3 is 2.71 bits per heavy atom. The van der Waals surface area contributed by atoms with Gasteiger partial charge in [-0.05, 0) is 31.2 Å². The molecule has 0 saturated heterocycles. The van der Waals surface area contributed by atoms with Crippen molar-refractivity contribution in [2.24, 2.45) is 0 Å². The van der Waals surface area contributed by atoms with Gasteiger partial charge in [-0.2, -0.15) is 9.78 Å². The zero-order valence-corrected chi connectivity index (χ0v) is 16.1. The zero-order valence-electron chi connectivity index (χ0n) is 14.5. The van der Waals surface area contributed by atoms with Crippen molar-refractivity contribution in [2.75, 3.05) is 5.32 Å². The van der Waals surface area contributed by atoms with Gasteiger partial charge in [-0.25, -0.2) is 14.4 Å². The molecule has 3 heterocycles. The van der Waals surface area contributed by atoms with Crippen molar-refractivity contribution >= 4 is 54.8 Å². The zero-order chi connectivity index (χ0) is 19.3. The lowest BCUT2D eigenvalue weighted by atomic mass is 10.3. The number of hydrogen-bond donors (Lipinski definition) is 1. The number of nitrogens with one attached hydrogen (secondary N) is 1. The van der Waals surface area contributed by atoms with Crippen LogP contribution in [0, 0.1) is 12.7 Å². The average Bonchev–Trinajstić information content (AvgIpc) is 3.38. The predicted molar refractivity (Wildman–Crippen MR) is 109 cm³/mol. The van der Waals surface area contributed by atoms with Crippen molar-refractivity contribution in [3.63, 3.8) is 0 Å². The summed E-state index contributed by atoms with van der Waals surface area (Å²) in [4.78, 5) is 21.5. The molecule has 5 aromatic rings. The Labute approximate surface area is 166 Å². The molecule has 0 radical (unpaired) electrons. The Morgan fingerprint density at radius 2 is 1.89 bits per heavy atom. The first-order chi connectivity index (χ1) is 13.6. The van der Waals surface area contributed by atoms with E-state index in [0.717, 1.165) is 10.2 Å². The minimum atomic E-state index is -0.385.